The molecule has 1 unspecified atom stereocenters. The third kappa shape index (κ3) is 6.28. The predicted octanol–water partition coefficient (Wildman–Crippen LogP) is 2.66. The van der Waals surface area contributed by atoms with Gasteiger partial charge in [0, 0.05) is 0 Å². The predicted molar refractivity (Wildman–Crippen MR) is 64.5 cm³/mol. The molecule has 0 aliphatic rings. The molecule has 0 fully saturated rings. The van der Waals surface area contributed by atoms with Gasteiger partial charge in [0.1, 0.15) is 5.54 Å². The van der Waals surface area contributed by atoms with Gasteiger partial charge in [-0.05, 0) is 44.2 Å². The smallest absolute Gasteiger partial charge is 0.104 e. The zero-order valence-electron chi connectivity index (χ0n) is 9.76. The highest BCUT2D eigenvalue weighted by Crippen LogP contribution is 2.15. The first kappa shape index (κ1) is 13.8. The second-order valence-electron chi connectivity index (χ2n) is 4.24. The summed E-state index contributed by atoms with van der Waals surface area (Å²) in [5, 5.41) is 12.0. The van der Waals surface area contributed by atoms with Gasteiger partial charge in [-0.25, -0.2) is 0 Å². The van der Waals surface area contributed by atoms with Gasteiger partial charge < -0.3 is 5.32 Å². The van der Waals surface area contributed by atoms with Gasteiger partial charge in [0.2, 0.25) is 0 Å². The van der Waals surface area contributed by atoms with Gasteiger partial charge in [0.05, 0.1) is 6.07 Å². The molecule has 14 heavy (non-hydrogen) atoms. The Morgan fingerprint density at radius 1 is 1.43 bits per heavy atom. The molecule has 0 aliphatic heterocycles. The van der Waals surface area contributed by atoms with E-state index >= 15 is 0 Å². The molecule has 3 heteroatoms. The minimum Gasteiger partial charge on any atom is -0.303 e. The molecule has 0 rings (SSSR count). The molecule has 0 radical (unpaired) electrons. The molecule has 0 spiro atoms. The van der Waals surface area contributed by atoms with Crippen LogP contribution in [0.2, 0.25) is 0 Å². The molecule has 0 saturated carbocycles. The second kappa shape index (κ2) is 7.14. The molecule has 0 aromatic carbocycles. The summed E-state index contributed by atoms with van der Waals surface area (Å²) >= 11 is 1.95. The highest BCUT2D eigenvalue weighted by molar-refractivity contribution is 7.99. The summed E-state index contributed by atoms with van der Waals surface area (Å²) in [6.07, 6.45) is 2.19. The van der Waals surface area contributed by atoms with Crippen LogP contribution in [0.25, 0.3) is 0 Å². The summed E-state index contributed by atoms with van der Waals surface area (Å²) in [5.74, 6) is 3.06. The molecule has 0 bridgehead atoms. The molecule has 1 atom stereocenters. The summed E-state index contributed by atoms with van der Waals surface area (Å²) in [6, 6.07) is 2.30. The summed E-state index contributed by atoms with van der Waals surface area (Å²) in [7, 11) is 1.85. The number of nitriles is 1. The molecule has 0 aromatic heterocycles. The van der Waals surface area contributed by atoms with Crippen molar-refractivity contribution >= 4 is 11.8 Å². The Balaban J connectivity index is 3.49. The van der Waals surface area contributed by atoms with Crippen molar-refractivity contribution in [2.45, 2.75) is 39.2 Å². The molecule has 0 heterocycles. The average molecular weight is 214 g/mol. The lowest BCUT2D eigenvalue weighted by Crippen LogP contribution is -2.38. The Hall–Kier alpha value is -0.200. The lowest BCUT2D eigenvalue weighted by Gasteiger charge is -2.20. The van der Waals surface area contributed by atoms with Crippen molar-refractivity contribution in [3.8, 4) is 6.07 Å². The maximum atomic E-state index is 8.91. The number of nitrogens with one attached hydrogen (secondary N) is 1. The Labute approximate surface area is 92.5 Å². The zero-order chi connectivity index (χ0) is 11.0. The van der Waals surface area contributed by atoms with Crippen LogP contribution in [0.5, 0.6) is 0 Å². The number of hydrogen-bond donors (Lipinski definition) is 1. The van der Waals surface area contributed by atoms with Gasteiger partial charge in [-0.3, -0.25) is 0 Å². The van der Waals surface area contributed by atoms with Gasteiger partial charge in [0.25, 0.3) is 0 Å². The van der Waals surface area contributed by atoms with E-state index in [0.717, 1.165) is 18.1 Å². The Kier molecular flexibility index (Phi) is 7.04. The Morgan fingerprint density at radius 2 is 2.07 bits per heavy atom. The van der Waals surface area contributed by atoms with Crippen molar-refractivity contribution in [2.75, 3.05) is 18.6 Å². The maximum absolute atomic E-state index is 8.91. The van der Waals surface area contributed by atoms with E-state index < -0.39 is 0 Å². The molecular weight excluding hydrogens is 192 g/mol. The van der Waals surface area contributed by atoms with Gasteiger partial charge in [-0.15, -0.1) is 0 Å². The van der Waals surface area contributed by atoms with Gasteiger partial charge in [-0.2, -0.15) is 17.0 Å². The molecule has 2 nitrogen and oxygen atoms in total. The van der Waals surface area contributed by atoms with Crippen LogP contribution >= 0.6 is 11.8 Å². The van der Waals surface area contributed by atoms with Crippen LogP contribution in [0, 0.1) is 17.2 Å². The van der Waals surface area contributed by atoms with E-state index in [1.807, 2.05) is 25.7 Å². The second-order valence-corrected chi connectivity index (χ2v) is 5.46. The molecule has 0 aromatic rings. The van der Waals surface area contributed by atoms with Crippen molar-refractivity contribution in [2.24, 2.45) is 5.92 Å². The third-order valence-electron chi connectivity index (χ3n) is 2.38. The zero-order valence-corrected chi connectivity index (χ0v) is 10.6. The maximum Gasteiger partial charge on any atom is 0.104 e. The minimum absolute atomic E-state index is 0.342. The van der Waals surface area contributed by atoms with E-state index in [0.29, 0.717) is 0 Å². The number of hydrogen-bond acceptors (Lipinski definition) is 3. The first-order valence-electron chi connectivity index (χ1n) is 5.22. The van der Waals surface area contributed by atoms with Crippen LogP contribution in [0.1, 0.15) is 33.6 Å². The van der Waals surface area contributed by atoms with Crippen molar-refractivity contribution in [3.63, 3.8) is 0 Å². The quantitative estimate of drug-likeness (QED) is 0.662. The lowest BCUT2D eigenvalue weighted by atomic mass is 10.0. The molecule has 0 aliphatic carbocycles. The van der Waals surface area contributed by atoms with Crippen molar-refractivity contribution in [1.29, 1.82) is 5.26 Å². The van der Waals surface area contributed by atoms with E-state index in [-0.39, 0.29) is 5.54 Å². The molecule has 0 saturated heterocycles. The highest BCUT2D eigenvalue weighted by atomic mass is 32.2. The van der Waals surface area contributed by atoms with Crippen LogP contribution in [-0.2, 0) is 0 Å². The van der Waals surface area contributed by atoms with Crippen molar-refractivity contribution in [3.05, 3.63) is 0 Å². The van der Waals surface area contributed by atoms with Gasteiger partial charge in [-0.1, -0.05) is 13.8 Å². The fourth-order valence-electron chi connectivity index (χ4n) is 0.934. The monoisotopic (exact) mass is 214 g/mol. The normalized spacial score (nSPS) is 15.1. The SMILES string of the molecule is CNC(C)(C#N)CCSCCC(C)C. The van der Waals surface area contributed by atoms with E-state index in [9.17, 15) is 0 Å². The summed E-state index contributed by atoms with van der Waals surface area (Å²) in [4.78, 5) is 0. The van der Waals surface area contributed by atoms with Crippen LogP contribution < -0.4 is 5.32 Å². The topological polar surface area (TPSA) is 35.8 Å². The molecular formula is C11H22N2S. The third-order valence-corrected chi connectivity index (χ3v) is 3.40. The average Bonchev–Trinajstić information content (AvgIpc) is 2.16. The Bertz CT molecular complexity index is 186. The van der Waals surface area contributed by atoms with E-state index in [1.54, 1.807) is 0 Å². The number of nitrogens with zero attached hydrogens (tertiary/aromatic N) is 1. The van der Waals surface area contributed by atoms with Crippen molar-refractivity contribution in [1.82, 2.24) is 5.32 Å². The van der Waals surface area contributed by atoms with E-state index in [4.69, 9.17) is 5.26 Å². The van der Waals surface area contributed by atoms with Gasteiger partial charge in [0.15, 0.2) is 0 Å². The van der Waals surface area contributed by atoms with Crippen LogP contribution in [-0.4, -0.2) is 24.1 Å². The van der Waals surface area contributed by atoms with Gasteiger partial charge >= 0.3 is 0 Å². The molecule has 1 N–H and O–H groups in total. The van der Waals surface area contributed by atoms with Crippen LogP contribution in [0.3, 0.4) is 0 Å². The highest BCUT2D eigenvalue weighted by Gasteiger charge is 2.19. The lowest BCUT2D eigenvalue weighted by molar-refractivity contribution is 0.479. The Morgan fingerprint density at radius 3 is 2.50 bits per heavy atom. The first-order chi connectivity index (χ1) is 6.54. The fraction of sp³-hybridized carbons (Fsp3) is 0.909. The molecule has 82 valence electrons. The van der Waals surface area contributed by atoms with E-state index in [1.165, 1.54) is 12.2 Å². The minimum atomic E-state index is -0.342. The van der Waals surface area contributed by atoms with Crippen LogP contribution in [0.4, 0.5) is 0 Å². The standard InChI is InChI=1S/C11H22N2S/c1-10(2)5-7-14-8-6-11(3,9-12)13-4/h10,13H,5-8H2,1-4H3. The number of rotatable bonds is 7. The molecule has 0 amide bonds. The summed E-state index contributed by atoms with van der Waals surface area (Å²) in [5.41, 5.74) is -0.342. The van der Waals surface area contributed by atoms with E-state index in [2.05, 4.69) is 25.2 Å². The first-order valence-corrected chi connectivity index (χ1v) is 6.37. The number of thioether (sulfide) groups is 1. The van der Waals surface area contributed by atoms with Crippen molar-refractivity contribution < 1.29 is 0 Å². The summed E-state index contributed by atoms with van der Waals surface area (Å²) in [6.45, 7) is 6.44. The largest absolute Gasteiger partial charge is 0.303 e. The summed E-state index contributed by atoms with van der Waals surface area (Å²) < 4.78 is 0. The van der Waals surface area contributed by atoms with Crippen LogP contribution in [0.15, 0.2) is 0 Å². The fourth-order valence-corrected chi connectivity index (χ4v) is 2.33.